The fourth-order valence-corrected chi connectivity index (χ4v) is 5.16. The SMILES string of the molecule is CC(C)CC(=NCCNCCN=C(CC(C)C)C1=C(O)CC(C)(C)CC1=O)C1=C(O)CC(C)(C)CC1=O. The molecule has 0 unspecified atom stereocenters. The molecule has 0 atom stereocenters. The summed E-state index contributed by atoms with van der Waals surface area (Å²) in [5.74, 6) is 0.930. The van der Waals surface area contributed by atoms with Crippen LogP contribution in [0.5, 0.6) is 0 Å². The summed E-state index contributed by atoms with van der Waals surface area (Å²) in [6, 6.07) is 0. The van der Waals surface area contributed by atoms with Crippen molar-refractivity contribution in [3.63, 3.8) is 0 Å². The number of nitrogens with one attached hydrogen (secondary N) is 1. The Labute approximate surface area is 223 Å². The number of hydrogen-bond acceptors (Lipinski definition) is 7. The molecule has 2 rings (SSSR count). The van der Waals surface area contributed by atoms with E-state index in [9.17, 15) is 19.8 Å². The zero-order valence-corrected chi connectivity index (χ0v) is 24.3. The van der Waals surface area contributed by atoms with Crippen LogP contribution in [0.2, 0.25) is 0 Å². The van der Waals surface area contributed by atoms with Crippen molar-refractivity contribution in [1.82, 2.24) is 5.32 Å². The average Bonchev–Trinajstić information content (AvgIpc) is 2.68. The Morgan fingerprint density at radius 2 is 1.08 bits per heavy atom. The van der Waals surface area contributed by atoms with Crippen LogP contribution in [0.1, 0.15) is 93.9 Å². The predicted octanol–water partition coefficient (Wildman–Crippen LogP) is 5.95. The minimum Gasteiger partial charge on any atom is -0.511 e. The highest BCUT2D eigenvalue weighted by molar-refractivity contribution is 6.24. The molecule has 0 amide bonds. The maximum atomic E-state index is 12.8. The number of carbonyl (C=O) groups is 2. The lowest BCUT2D eigenvalue weighted by Crippen LogP contribution is -2.30. The highest BCUT2D eigenvalue weighted by Gasteiger charge is 2.36. The lowest BCUT2D eigenvalue weighted by Gasteiger charge is -2.30. The maximum Gasteiger partial charge on any atom is 0.168 e. The van der Waals surface area contributed by atoms with Gasteiger partial charge in [0.2, 0.25) is 0 Å². The first kappa shape index (κ1) is 30.9. The number of nitrogens with zero attached hydrogens (tertiary/aromatic N) is 2. The zero-order valence-electron chi connectivity index (χ0n) is 24.3. The molecular formula is C30H49N3O4. The molecule has 0 aromatic heterocycles. The minimum atomic E-state index is -0.227. The van der Waals surface area contributed by atoms with Crippen LogP contribution in [-0.2, 0) is 9.59 Å². The van der Waals surface area contributed by atoms with Gasteiger partial charge in [-0.3, -0.25) is 19.6 Å². The fourth-order valence-electron chi connectivity index (χ4n) is 5.16. The summed E-state index contributed by atoms with van der Waals surface area (Å²) in [4.78, 5) is 35.0. The van der Waals surface area contributed by atoms with Crippen molar-refractivity contribution in [2.24, 2.45) is 32.7 Å². The van der Waals surface area contributed by atoms with Crippen LogP contribution in [0.15, 0.2) is 32.6 Å². The third-order valence-electron chi connectivity index (χ3n) is 6.67. The predicted molar refractivity (Wildman–Crippen MR) is 152 cm³/mol. The molecule has 0 saturated heterocycles. The number of aliphatic hydroxyl groups excluding tert-OH is 2. The normalized spacial score (nSPS) is 21.0. The van der Waals surface area contributed by atoms with Crippen molar-refractivity contribution in [3.05, 3.63) is 22.7 Å². The molecule has 0 saturated carbocycles. The second-order valence-electron chi connectivity index (χ2n) is 13.1. The first-order chi connectivity index (χ1) is 17.1. The molecule has 0 radical (unpaired) electrons. The van der Waals surface area contributed by atoms with Crippen molar-refractivity contribution in [1.29, 1.82) is 0 Å². The summed E-state index contributed by atoms with van der Waals surface area (Å²) >= 11 is 0. The lowest BCUT2D eigenvalue weighted by molar-refractivity contribution is -0.118. The standard InChI is InChI=1S/C30H49N3O4/c1-19(2)13-21(27-23(34)15-29(5,6)16-24(27)35)32-11-9-31-10-12-33-22(14-20(3)4)28-25(36)17-30(7,8)18-26(28)37/h19-20,31,34,36H,9-18H2,1-8H3. The maximum absolute atomic E-state index is 12.8. The molecule has 0 aromatic carbocycles. The zero-order chi connectivity index (χ0) is 28.0. The van der Waals surface area contributed by atoms with Crippen molar-refractivity contribution in [2.75, 3.05) is 26.2 Å². The second-order valence-corrected chi connectivity index (χ2v) is 13.1. The van der Waals surface area contributed by atoms with E-state index in [1.807, 2.05) is 27.7 Å². The van der Waals surface area contributed by atoms with Crippen LogP contribution in [-0.4, -0.2) is 59.4 Å². The average molecular weight is 516 g/mol. The topological polar surface area (TPSA) is 111 Å². The fraction of sp³-hybridized carbons (Fsp3) is 0.733. The van der Waals surface area contributed by atoms with Crippen LogP contribution in [0, 0.1) is 22.7 Å². The van der Waals surface area contributed by atoms with Gasteiger partial charge in [0.05, 0.1) is 24.2 Å². The largest absolute Gasteiger partial charge is 0.511 e. The first-order valence-electron chi connectivity index (χ1n) is 13.8. The summed E-state index contributed by atoms with van der Waals surface area (Å²) in [5, 5.41) is 24.6. The summed E-state index contributed by atoms with van der Waals surface area (Å²) < 4.78 is 0. The molecule has 0 bridgehead atoms. The number of aliphatic imine (C=N–C) groups is 2. The summed E-state index contributed by atoms with van der Waals surface area (Å²) in [7, 11) is 0. The van der Waals surface area contributed by atoms with Crippen molar-refractivity contribution >= 4 is 23.0 Å². The Kier molecular flexibility index (Phi) is 10.9. The molecule has 0 aromatic rings. The molecule has 0 heterocycles. The molecule has 0 spiro atoms. The number of rotatable bonds is 12. The molecule has 0 aliphatic heterocycles. The Hall–Kier alpha value is -2.28. The van der Waals surface area contributed by atoms with Gasteiger partial charge in [0.25, 0.3) is 0 Å². The third kappa shape index (κ3) is 9.51. The Bertz CT molecular complexity index is 903. The minimum absolute atomic E-state index is 0.0219. The van der Waals surface area contributed by atoms with Gasteiger partial charge in [-0.15, -0.1) is 0 Å². The highest BCUT2D eigenvalue weighted by atomic mass is 16.3. The Balaban J connectivity index is 2.02. The van der Waals surface area contributed by atoms with E-state index in [0.717, 1.165) is 0 Å². The second kappa shape index (κ2) is 13.0. The van der Waals surface area contributed by atoms with E-state index in [-0.39, 0.29) is 33.9 Å². The van der Waals surface area contributed by atoms with Crippen LogP contribution in [0.3, 0.4) is 0 Å². The molecule has 37 heavy (non-hydrogen) atoms. The van der Waals surface area contributed by atoms with Gasteiger partial charge in [-0.1, -0.05) is 55.4 Å². The van der Waals surface area contributed by atoms with Crippen molar-refractivity contribution < 1.29 is 19.8 Å². The number of allylic oxidation sites excluding steroid dienone is 4. The number of Topliss-reactive ketones (excluding diaryl/α,β-unsaturated/α-hetero) is 2. The number of carbonyl (C=O) groups excluding carboxylic acids is 2. The molecule has 2 aliphatic rings. The molecular weight excluding hydrogens is 466 g/mol. The van der Waals surface area contributed by atoms with Crippen LogP contribution >= 0.6 is 0 Å². The highest BCUT2D eigenvalue weighted by Crippen LogP contribution is 2.38. The van der Waals surface area contributed by atoms with E-state index in [2.05, 4.69) is 33.0 Å². The van der Waals surface area contributed by atoms with Gasteiger partial charge in [0, 0.05) is 50.2 Å². The molecule has 7 nitrogen and oxygen atoms in total. The van der Waals surface area contributed by atoms with Gasteiger partial charge in [0.15, 0.2) is 11.6 Å². The van der Waals surface area contributed by atoms with Gasteiger partial charge in [-0.2, -0.15) is 0 Å². The quantitative estimate of drug-likeness (QED) is 0.220. The Morgan fingerprint density at radius 1 is 0.730 bits per heavy atom. The monoisotopic (exact) mass is 515 g/mol. The number of hydrogen-bond donors (Lipinski definition) is 3. The van der Waals surface area contributed by atoms with Gasteiger partial charge in [0.1, 0.15) is 11.5 Å². The number of aliphatic hydroxyl groups is 2. The smallest absolute Gasteiger partial charge is 0.168 e. The van der Waals surface area contributed by atoms with Gasteiger partial charge in [-0.25, -0.2) is 0 Å². The van der Waals surface area contributed by atoms with E-state index in [0.29, 0.717) is 99.1 Å². The molecule has 7 heteroatoms. The Morgan fingerprint density at radius 3 is 1.38 bits per heavy atom. The van der Waals surface area contributed by atoms with Crippen molar-refractivity contribution in [3.8, 4) is 0 Å². The van der Waals surface area contributed by atoms with Gasteiger partial charge >= 0.3 is 0 Å². The summed E-state index contributed by atoms with van der Waals surface area (Å²) in [6.07, 6.45) is 3.13. The summed E-state index contributed by atoms with van der Waals surface area (Å²) in [6.45, 7) is 18.6. The van der Waals surface area contributed by atoms with E-state index in [1.54, 1.807) is 0 Å². The van der Waals surface area contributed by atoms with E-state index in [4.69, 9.17) is 9.98 Å². The lowest BCUT2D eigenvalue weighted by atomic mass is 9.75. The first-order valence-corrected chi connectivity index (χ1v) is 13.8. The van der Waals surface area contributed by atoms with E-state index < -0.39 is 0 Å². The molecule has 3 N–H and O–H groups in total. The number of ketones is 2. The van der Waals surface area contributed by atoms with Crippen LogP contribution in [0.4, 0.5) is 0 Å². The van der Waals surface area contributed by atoms with Gasteiger partial charge in [-0.05, 0) is 35.5 Å². The van der Waals surface area contributed by atoms with Crippen molar-refractivity contribution in [2.45, 2.75) is 93.9 Å². The van der Waals surface area contributed by atoms with Crippen LogP contribution in [0.25, 0.3) is 0 Å². The van der Waals surface area contributed by atoms with Gasteiger partial charge < -0.3 is 15.5 Å². The summed E-state index contributed by atoms with van der Waals surface area (Å²) in [5.41, 5.74) is 1.79. The molecule has 2 aliphatic carbocycles. The molecule has 0 fully saturated rings. The van der Waals surface area contributed by atoms with E-state index >= 15 is 0 Å². The third-order valence-corrected chi connectivity index (χ3v) is 6.67. The van der Waals surface area contributed by atoms with E-state index in [1.165, 1.54) is 0 Å². The van der Waals surface area contributed by atoms with Crippen LogP contribution < -0.4 is 5.32 Å². The molecule has 208 valence electrons.